The van der Waals surface area contributed by atoms with Gasteiger partial charge in [0.25, 0.3) is 0 Å². The van der Waals surface area contributed by atoms with E-state index in [0.29, 0.717) is 26.4 Å². The van der Waals surface area contributed by atoms with Crippen molar-refractivity contribution in [1.29, 1.82) is 0 Å². The lowest BCUT2D eigenvalue weighted by Gasteiger charge is -2.40. The molecule has 1 heterocycles. The molecule has 1 aliphatic heterocycles. The molecule has 4 atom stereocenters. The van der Waals surface area contributed by atoms with Gasteiger partial charge in [0.1, 0.15) is 23.3 Å². The van der Waals surface area contributed by atoms with Crippen molar-refractivity contribution in [2.24, 2.45) is 0 Å². The second-order valence-electron chi connectivity index (χ2n) is 7.54. The molecule has 0 amide bonds. The van der Waals surface area contributed by atoms with Gasteiger partial charge in [0.15, 0.2) is 0 Å². The van der Waals surface area contributed by atoms with Gasteiger partial charge in [-0.05, 0) is 16.7 Å². The van der Waals surface area contributed by atoms with Gasteiger partial charge in [-0.3, -0.25) is 0 Å². The van der Waals surface area contributed by atoms with Crippen molar-refractivity contribution in [3.05, 3.63) is 108 Å². The summed E-state index contributed by atoms with van der Waals surface area (Å²) in [5, 5.41) is -0.270. The number of benzene rings is 3. The maximum atomic E-state index is 6.38. The van der Waals surface area contributed by atoms with Crippen LogP contribution in [0.3, 0.4) is 0 Å². The third kappa shape index (κ3) is 6.48. The second kappa shape index (κ2) is 11.6. The van der Waals surface area contributed by atoms with E-state index in [-0.39, 0.29) is 23.3 Å². The van der Waals surface area contributed by atoms with Crippen molar-refractivity contribution < 1.29 is 18.9 Å². The summed E-state index contributed by atoms with van der Waals surface area (Å²) in [4.78, 5) is 0. The molecule has 1 fully saturated rings. The zero-order chi connectivity index (χ0) is 21.3. The van der Waals surface area contributed by atoms with Crippen LogP contribution in [-0.2, 0) is 38.8 Å². The first-order valence-corrected chi connectivity index (χ1v) is 11.4. The lowest BCUT2D eigenvalue weighted by Crippen LogP contribution is -2.54. The molecular formula is C26H27BrO4. The predicted octanol–water partition coefficient (Wildman–Crippen LogP) is 5.49. The summed E-state index contributed by atoms with van der Waals surface area (Å²) in [5.41, 5.74) is 3.34. The molecule has 31 heavy (non-hydrogen) atoms. The van der Waals surface area contributed by atoms with E-state index in [9.17, 15) is 0 Å². The van der Waals surface area contributed by atoms with Crippen molar-refractivity contribution in [1.82, 2.24) is 0 Å². The summed E-state index contributed by atoms with van der Waals surface area (Å²) in [5.74, 6) is 0. The molecular weight excluding hydrogens is 456 g/mol. The molecule has 4 rings (SSSR count). The summed E-state index contributed by atoms with van der Waals surface area (Å²) in [6, 6.07) is 30.4. The Morgan fingerprint density at radius 2 is 1.03 bits per heavy atom. The molecule has 3 aromatic rings. The molecule has 0 saturated carbocycles. The first-order valence-electron chi connectivity index (χ1n) is 10.5. The van der Waals surface area contributed by atoms with Crippen LogP contribution in [0.15, 0.2) is 91.0 Å². The van der Waals surface area contributed by atoms with E-state index < -0.39 is 0 Å². The monoisotopic (exact) mass is 482 g/mol. The zero-order valence-corrected chi connectivity index (χ0v) is 18.9. The molecule has 0 radical (unpaired) electrons. The lowest BCUT2D eigenvalue weighted by molar-refractivity contribution is -0.218. The third-order valence-electron chi connectivity index (χ3n) is 5.25. The van der Waals surface area contributed by atoms with E-state index in [1.807, 2.05) is 54.6 Å². The molecule has 5 heteroatoms. The minimum Gasteiger partial charge on any atom is -0.368 e. The largest absolute Gasteiger partial charge is 0.368 e. The Balaban J connectivity index is 1.46. The molecule has 3 aromatic carbocycles. The highest BCUT2D eigenvalue weighted by molar-refractivity contribution is 9.09. The Labute approximate surface area is 192 Å². The fourth-order valence-corrected chi connectivity index (χ4v) is 4.17. The quantitative estimate of drug-likeness (QED) is 0.377. The van der Waals surface area contributed by atoms with Crippen LogP contribution in [-0.4, -0.2) is 29.9 Å². The maximum absolute atomic E-state index is 6.38. The van der Waals surface area contributed by atoms with Crippen LogP contribution >= 0.6 is 15.9 Å². The summed E-state index contributed by atoms with van der Waals surface area (Å²) in [7, 11) is 0. The first-order chi connectivity index (χ1) is 15.3. The molecule has 4 nitrogen and oxygen atoms in total. The van der Waals surface area contributed by atoms with Gasteiger partial charge in [0.2, 0.25) is 0 Å². The van der Waals surface area contributed by atoms with Crippen LogP contribution in [0.5, 0.6) is 0 Å². The predicted molar refractivity (Wildman–Crippen MR) is 124 cm³/mol. The first kappa shape index (κ1) is 22.2. The van der Waals surface area contributed by atoms with Gasteiger partial charge in [0, 0.05) is 0 Å². The fourth-order valence-electron chi connectivity index (χ4n) is 3.56. The number of alkyl halides is 1. The minimum atomic E-state index is -0.307. The topological polar surface area (TPSA) is 36.9 Å². The Morgan fingerprint density at radius 1 is 0.613 bits per heavy atom. The smallest absolute Gasteiger partial charge is 0.141 e. The highest BCUT2D eigenvalue weighted by Crippen LogP contribution is 2.29. The zero-order valence-electron chi connectivity index (χ0n) is 17.3. The van der Waals surface area contributed by atoms with Crippen molar-refractivity contribution in [2.45, 2.75) is 43.1 Å². The maximum Gasteiger partial charge on any atom is 0.141 e. The Kier molecular flexibility index (Phi) is 8.27. The normalized spacial score (nSPS) is 23.5. The molecule has 2 unspecified atom stereocenters. The molecule has 162 valence electrons. The van der Waals surface area contributed by atoms with Crippen LogP contribution in [0.1, 0.15) is 16.7 Å². The van der Waals surface area contributed by atoms with Crippen LogP contribution in [0.25, 0.3) is 0 Å². The molecule has 0 spiro atoms. The van der Waals surface area contributed by atoms with E-state index in [1.54, 1.807) is 0 Å². The standard InChI is InChI=1S/C26H27BrO4/c27-26-25(30-18-22-14-8-3-9-15-22)24(29-17-21-12-6-2-7-13-21)23(19-31-26)28-16-20-10-4-1-5-11-20/h1-15,23-26H,16-19H2/t23-,24?,25?,26+/m1/s1. The third-order valence-corrected chi connectivity index (χ3v) is 6.03. The average molecular weight is 483 g/mol. The van der Waals surface area contributed by atoms with E-state index in [0.717, 1.165) is 16.7 Å². The summed E-state index contributed by atoms with van der Waals surface area (Å²) in [6.07, 6.45) is -0.817. The second-order valence-corrected chi connectivity index (χ2v) is 8.44. The van der Waals surface area contributed by atoms with Gasteiger partial charge >= 0.3 is 0 Å². The van der Waals surface area contributed by atoms with Crippen molar-refractivity contribution in [2.75, 3.05) is 6.61 Å². The minimum absolute atomic E-state index is 0.238. The fraction of sp³-hybridized carbons (Fsp3) is 0.308. The van der Waals surface area contributed by atoms with E-state index >= 15 is 0 Å². The van der Waals surface area contributed by atoms with Crippen LogP contribution in [0.4, 0.5) is 0 Å². The summed E-state index contributed by atoms with van der Waals surface area (Å²) < 4.78 is 24.9. The highest BCUT2D eigenvalue weighted by Gasteiger charge is 2.42. The van der Waals surface area contributed by atoms with Gasteiger partial charge in [-0.2, -0.15) is 0 Å². The molecule has 0 bridgehead atoms. The number of hydrogen-bond acceptors (Lipinski definition) is 4. The number of hydrogen-bond donors (Lipinski definition) is 0. The van der Waals surface area contributed by atoms with E-state index in [4.69, 9.17) is 18.9 Å². The van der Waals surface area contributed by atoms with Crippen molar-refractivity contribution >= 4 is 15.9 Å². The number of halogens is 1. The van der Waals surface area contributed by atoms with Crippen molar-refractivity contribution in [3.63, 3.8) is 0 Å². The number of rotatable bonds is 9. The summed E-state index contributed by atoms with van der Waals surface area (Å²) in [6.45, 7) is 1.90. The summed E-state index contributed by atoms with van der Waals surface area (Å²) >= 11 is 3.64. The molecule has 0 aromatic heterocycles. The lowest BCUT2D eigenvalue weighted by atomic mass is 10.1. The molecule has 1 saturated heterocycles. The van der Waals surface area contributed by atoms with Gasteiger partial charge in [-0.1, -0.05) is 107 Å². The van der Waals surface area contributed by atoms with Gasteiger partial charge in [-0.25, -0.2) is 0 Å². The Bertz CT molecular complexity index is 891. The average Bonchev–Trinajstić information content (AvgIpc) is 2.83. The highest BCUT2D eigenvalue weighted by atomic mass is 79.9. The Morgan fingerprint density at radius 3 is 1.52 bits per heavy atom. The van der Waals surface area contributed by atoms with Crippen LogP contribution in [0, 0.1) is 0 Å². The number of ether oxygens (including phenoxy) is 4. The Hall–Kier alpha value is -2.02. The van der Waals surface area contributed by atoms with Crippen molar-refractivity contribution in [3.8, 4) is 0 Å². The molecule has 1 aliphatic rings. The van der Waals surface area contributed by atoms with E-state index in [2.05, 4.69) is 52.3 Å². The van der Waals surface area contributed by atoms with Gasteiger partial charge in [-0.15, -0.1) is 0 Å². The van der Waals surface area contributed by atoms with Gasteiger partial charge in [0.05, 0.1) is 26.4 Å². The van der Waals surface area contributed by atoms with E-state index in [1.165, 1.54) is 0 Å². The molecule has 0 aliphatic carbocycles. The van der Waals surface area contributed by atoms with Gasteiger partial charge < -0.3 is 18.9 Å². The SMILES string of the molecule is Br[C@H]1OC[C@@H](OCc2ccccc2)C(OCc2ccccc2)C1OCc1ccccc1. The molecule has 0 N–H and O–H groups in total. The van der Waals surface area contributed by atoms with Crippen LogP contribution < -0.4 is 0 Å². The van der Waals surface area contributed by atoms with Crippen LogP contribution in [0.2, 0.25) is 0 Å².